The summed E-state index contributed by atoms with van der Waals surface area (Å²) in [6.45, 7) is 3.21. The maximum Gasteiger partial charge on any atom is 0.162 e. The van der Waals surface area contributed by atoms with Gasteiger partial charge in [0.1, 0.15) is 12.1 Å². The van der Waals surface area contributed by atoms with Gasteiger partial charge in [-0.3, -0.25) is 0 Å². The fourth-order valence-electron chi connectivity index (χ4n) is 3.27. The van der Waals surface area contributed by atoms with Crippen molar-refractivity contribution in [3.63, 3.8) is 0 Å². The zero-order valence-corrected chi connectivity index (χ0v) is 15.4. The van der Waals surface area contributed by atoms with E-state index in [0.29, 0.717) is 11.5 Å². The Kier molecular flexibility index (Phi) is 4.93. The van der Waals surface area contributed by atoms with Crippen LogP contribution in [0.1, 0.15) is 0 Å². The molecule has 0 unspecified atom stereocenters. The van der Waals surface area contributed by atoms with Gasteiger partial charge in [-0.15, -0.1) is 0 Å². The number of hydrogen-bond acceptors (Lipinski definition) is 7. The Balaban J connectivity index is 1.74. The lowest BCUT2D eigenvalue weighted by Crippen LogP contribution is -2.36. The minimum Gasteiger partial charge on any atom is -0.493 e. The second kappa shape index (κ2) is 7.67. The zero-order valence-electron chi connectivity index (χ0n) is 15.4. The van der Waals surface area contributed by atoms with E-state index in [4.69, 9.17) is 14.2 Å². The van der Waals surface area contributed by atoms with E-state index in [2.05, 4.69) is 32.3 Å². The van der Waals surface area contributed by atoms with Crippen molar-refractivity contribution >= 4 is 28.1 Å². The number of nitrogens with zero attached hydrogens (tertiary/aromatic N) is 3. The lowest BCUT2D eigenvalue weighted by molar-refractivity contribution is 0.123. The van der Waals surface area contributed by atoms with Crippen molar-refractivity contribution in [1.82, 2.24) is 9.97 Å². The number of rotatable bonds is 5. The van der Waals surface area contributed by atoms with Crippen molar-refractivity contribution in [3.05, 3.63) is 42.7 Å². The van der Waals surface area contributed by atoms with Crippen LogP contribution < -0.4 is 19.7 Å². The van der Waals surface area contributed by atoms with Crippen molar-refractivity contribution in [2.24, 2.45) is 0 Å². The third kappa shape index (κ3) is 3.46. The number of methoxy groups -OCH3 is 2. The van der Waals surface area contributed by atoms with Crippen LogP contribution in [0.4, 0.5) is 17.2 Å². The molecule has 0 atom stereocenters. The number of benzene rings is 2. The van der Waals surface area contributed by atoms with Crippen LogP contribution in [-0.4, -0.2) is 50.5 Å². The predicted molar refractivity (Wildman–Crippen MR) is 105 cm³/mol. The largest absolute Gasteiger partial charge is 0.493 e. The summed E-state index contributed by atoms with van der Waals surface area (Å²) in [7, 11) is 3.23. The van der Waals surface area contributed by atoms with Crippen molar-refractivity contribution in [2.45, 2.75) is 0 Å². The molecule has 3 aromatic rings. The molecule has 0 aliphatic carbocycles. The van der Waals surface area contributed by atoms with E-state index in [1.54, 1.807) is 20.5 Å². The molecule has 0 saturated carbocycles. The van der Waals surface area contributed by atoms with Crippen LogP contribution in [0, 0.1) is 0 Å². The third-order valence-electron chi connectivity index (χ3n) is 4.65. The van der Waals surface area contributed by atoms with Gasteiger partial charge in [0.05, 0.1) is 44.3 Å². The first-order chi connectivity index (χ1) is 13.3. The van der Waals surface area contributed by atoms with Crippen LogP contribution in [0.5, 0.6) is 11.5 Å². The molecule has 27 heavy (non-hydrogen) atoms. The lowest BCUT2D eigenvalue weighted by Gasteiger charge is -2.30. The standard InChI is InChI=1S/C20H22N4O3/c1-25-18-11-14-16(12-19(18)26-2)21-13-22-20(14)23-15-5-3-4-6-17(15)24-7-9-27-10-8-24/h3-6,11-13H,7-10H2,1-2H3,(H,21,22,23). The van der Waals surface area contributed by atoms with E-state index < -0.39 is 0 Å². The van der Waals surface area contributed by atoms with Crippen LogP contribution in [-0.2, 0) is 4.74 Å². The predicted octanol–water partition coefficient (Wildman–Crippen LogP) is 3.23. The molecule has 1 aromatic heterocycles. The van der Waals surface area contributed by atoms with E-state index in [1.165, 1.54) is 0 Å². The Morgan fingerprint density at radius 2 is 1.74 bits per heavy atom. The van der Waals surface area contributed by atoms with Crippen LogP contribution in [0.2, 0.25) is 0 Å². The molecule has 7 heteroatoms. The summed E-state index contributed by atoms with van der Waals surface area (Å²) in [4.78, 5) is 11.1. The molecule has 0 bridgehead atoms. The first-order valence-corrected chi connectivity index (χ1v) is 8.85. The molecule has 2 aromatic carbocycles. The topological polar surface area (TPSA) is 68.7 Å². The zero-order chi connectivity index (χ0) is 18.6. The highest BCUT2D eigenvalue weighted by Crippen LogP contribution is 2.36. The molecule has 0 radical (unpaired) electrons. The van der Waals surface area contributed by atoms with Gasteiger partial charge in [0.2, 0.25) is 0 Å². The second-order valence-electron chi connectivity index (χ2n) is 6.19. The van der Waals surface area contributed by atoms with Crippen LogP contribution in [0.3, 0.4) is 0 Å². The molecule has 4 rings (SSSR count). The van der Waals surface area contributed by atoms with Gasteiger partial charge in [-0.2, -0.15) is 0 Å². The maximum absolute atomic E-state index is 5.48. The summed E-state index contributed by atoms with van der Waals surface area (Å²) in [5.74, 6) is 2.01. The van der Waals surface area contributed by atoms with E-state index in [-0.39, 0.29) is 0 Å². The average molecular weight is 366 g/mol. The minimum absolute atomic E-state index is 0.642. The molecule has 140 valence electrons. The molecular formula is C20H22N4O3. The van der Waals surface area contributed by atoms with Crippen molar-refractivity contribution in [3.8, 4) is 11.5 Å². The monoisotopic (exact) mass is 366 g/mol. The summed E-state index contributed by atoms with van der Waals surface area (Å²) in [5.41, 5.74) is 2.91. The molecular weight excluding hydrogens is 344 g/mol. The Morgan fingerprint density at radius 1 is 1.00 bits per heavy atom. The van der Waals surface area contributed by atoms with Gasteiger partial charge >= 0.3 is 0 Å². The number of para-hydroxylation sites is 2. The molecule has 0 amide bonds. The first-order valence-electron chi connectivity index (χ1n) is 8.85. The van der Waals surface area contributed by atoms with Gasteiger partial charge in [-0.25, -0.2) is 9.97 Å². The SMILES string of the molecule is COc1cc2ncnc(Nc3ccccc3N3CCOCC3)c2cc1OC. The van der Waals surface area contributed by atoms with E-state index in [0.717, 1.165) is 54.4 Å². The Morgan fingerprint density at radius 3 is 2.52 bits per heavy atom. The third-order valence-corrected chi connectivity index (χ3v) is 4.65. The molecule has 0 spiro atoms. The average Bonchev–Trinajstić information content (AvgIpc) is 2.74. The van der Waals surface area contributed by atoms with Gasteiger partial charge in [0.25, 0.3) is 0 Å². The van der Waals surface area contributed by atoms with Gasteiger partial charge < -0.3 is 24.4 Å². The Labute approximate surface area is 157 Å². The number of fused-ring (bicyclic) bond motifs is 1. The first kappa shape index (κ1) is 17.4. The molecule has 1 fully saturated rings. The molecule has 2 heterocycles. The van der Waals surface area contributed by atoms with Crippen molar-refractivity contribution in [2.75, 3.05) is 50.7 Å². The molecule has 7 nitrogen and oxygen atoms in total. The number of ether oxygens (including phenoxy) is 3. The molecule has 1 aliphatic rings. The summed E-state index contributed by atoms with van der Waals surface area (Å²) < 4.78 is 16.3. The van der Waals surface area contributed by atoms with Crippen LogP contribution >= 0.6 is 0 Å². The van der Waals surface area contributed by atoms with E-state index >= 15 is 0 Å². The summed E-state index contributed by atoms with van der Waals surface area (Å²) in [6, 6.07) is 12.0. The van der Waals surface area contributed by atoms with E-state index in [9.17, 15) is 0 Å². The highest BCUT2D eigenvalue weighted by Gasteiger charge is 2.16. The van der Waals surface area contributed by atoms with Crippen molar-refractivity contribution < 1.29 is 14.2 Å². The van der Waals surface area contributed by atoms with Gasteiger partial charge in [0, 0.05) is 24.5 Å². The maximum atomic E-state index is 5.48. The summed E-state index contributed by atoms with van der Waals surface area (Å²) in [6.07, 6.45) is 1.55. The minimum atomic E-state index is 0.642. The number of morpholine rings is 1. The highest BCUT2D eigenvalue weighted by molar-refractivity contribution is 5.94. The Bertz CT molecular complexity index is 942. The Hall–Kier alpha value is -3.06. The highest BCUT2D eigenvalue weighted by atomic mass is 16.5. The number of anilines is 3. The normalized spacial score (nSPS) is 14.2. The smallest absolute Gasteiger partial charge is 0.162 e. The second-order valence-corrected chi connectivity index (χ2v) is 6.19. The molecule has 1 aliphatic heterocycles. The van der Waals surface area contributed by atoms with Crippen molar-refractivity contribution in [1.29, 1.82) is 0 Å². The number of aromatic nitrogens is 2. The van der Waals surface area contributed by atoms with Crippen LogP contribution in [0.25, 0.3) is 10.9 Å². The van der Waals surface area contributed by atoms with Gasteiger partial charge in [0.15, 0.2) is 11.5 Å². The summed E-state index contributed by atoms with van der Waals surface area (Å²) >= 11 is 0. The number of hydrogen-bond donors (Lipinski definition) is 1. The molecule has 1 N–H and O–H groups in total. The quantitative estimate of drug-likeness (QED) is 0.743. The van der Waals surface area contributed by atoms with Crippen LogP contribution in [0.15, 0.2) is 42.7 Å². The van der Waals surface area contributed by atoms with E-state index in [1.807, 2.05) is 24.3 Å². The molecule has 1 saturated heterocycles. The summed E-state index contributed by atoms with van der Waals surface area (Å²) in [5, 5.41) is 4.34. The fourth-order valence-corrected chi connectivity index (χ4v) is 3.27. The fraction of sp³-hybridized carbons (Fsp3) is 0.300. The lowest BCUT2D eigenvalue weighted by atomic mass is 10.2. The number of nitrogens with one attached hydrogen (secondary N) is 1. The van der Waals surface area contributed by atoms with Gasteiger partial charge in [-0.05, 0) is 18.2 Å². The van der Waals surface area contributed by atoms with Gasteiger partial charge in [-0.1, -0.05) is 12.1 Å².